The lowest BCUT2D eigenvalue weighted by molar-refractivity contribution is 0.0770. The van der Waals surface area contributed by atoms with E-state index in [9.17, 15) is 23.5 Å². The predicted molar refractivity (Wildman–Crippen MR) is 89.7 cm³/mol. The fourth-order valence-electron chi connectivity index (χ4n) is 2.36. The maximum atomic E-state index is 13.2. The Morgan fingerprint density at radius 2 is 1.64 bits per heavy atom. The van der Waals surface area contributed by atoms with E-state index in [0.717, 1.165) is 12.1 Å². The summed E-state index contributed by atoms with van der Waals surface area (Å²) in [5, 5.41) is 12.5. The van der Waals surface area contributed by atoms with Gasteiger partial charge in [-0.2, -0.15) is 0 Å². The number of phenolic OH excluding ortho intramolecular Hbond substituents is 1. The molecule has 132 valence electrons. The molecule has 0 heterocycles. The average molecular weight is 348 g/mol. The van der Waals surface area contributed by atoms with Crippen molar-refractivity contribution in [1.82, 2.24) is 4.90 Å². The molecule has 0 saturated carbocycles. The van der Waals surface area contributed by atoms with Crippen LogP contribution in [0.5, 0.6) is 5.75 Å². The number of aromatic hydroxyl groups is 1. The van der Waals surface area contributed by atoms with Gasteiger partial charge in [0.05, 0.1) is 5.56 Å². The van der Waals surface area contributed by atoms with Gasteiger partial charge >= 0.3 is 0 Å². The summed E-state index contributed by atoms with van der Waals surface area (Å²) in [6.07, 6.45) is 0. The summed E-state index contributed by atoms with van der Waals surface area (Å²) in [6, 6.07) is 6.50. The van der Waals surface area contributed by atoms with Crippen LogP contribution in [-0.4, -0.2) is 34.9 Å². The molecule has 2 aromatic carbocycles. The first kappa shape index (κ1) is 18.4. The monoisotopic (exact) mass is 348 g/mol. The van der Waals surface area contributed by atoms with E-state index in [1.54, 1.807) is 4.90 Å². The van der Waals surface area contributed by atoms with Gasteiger partial charge in [-0.15, -0.1) is 0 Å². The summed E-state index contributed by atoms with van der Waals surface area (Å²) in [6.45, 7) is 4.65. The zero-order chi connectivity index (χ0) is 18.6. The fourth-order valence-corrected chi connectivity index (χ4v) is 2.36. The van der Waals surface area contributed by atoms with E-state index in [4.69, 9.17) is 0 Å². The highest BCUT2D eigenvalue weighted by Crippen LogP contribution is 2.24. The van der Waals surface area contributed by atoms with Gasteiger partial charge in [0, 0.05) is 36.5 Å². The van der Waals surface area contributed by atoms with E-state index in [1.807, 2.05) is 13.8 Å². The number of carbonyl (C=O) groups excluding carboxylic acids is 2. The van der Waals surface area contributed by atoms with Crippen LogP contribution in [0.15, 0.2) is 36.4 Å². The molecule has 0 fully saturated rings. The normalized spacial score (nSPS) is 10.4. The molecule has 2 rings (SSSR count). The average Bonchev–Trinajstić information content (AvgIpc) is 2.55. The summed E-state index contributed by atoms with van der Waals surface area (Å²) < 4.78 is 26.3. The van der Waals surface area contributed by atoms with E-state index in [2.05, 4.69) is 5.32 Å². The molecular weight excluding hydrogens is 330 g/mol. The molecule has 7 heteroatoms. The van der Waals surface area contributed by atoms with Crippen molar-refractivity contribution in [3.8, 4) is 5.75 Å². The highest BCUT2D eigenvalue weighted by atomic mass is 19.1. The molecule has 0 saturated heterocycles. The molecule has 0 aromatic heterocycles. The Bertz CT molecular complexity index is 785. The molecular formula is C18H18F2N2O3. The van der Waals surface area contributed by atoms with Crippen LogP contribution in [0, 0.1) is 11.6 Å². The number of benzene rings is 2. The van der Waals surface area contributed by atoms with Crippen molar-refractivity contribution in [2.45, 2.75) is 13.8 Å². The van der Waals surface area contributed by atoms with Crippen LogP contribution < -0.4 is 5.32 Å². The van der Waals surface area contributed by atoms with Crippen molar-refractivity contribution in [3.63, 3.8) is 0 Å². The number of phenols is 1. The molecule has 2 aromatic rings. The number of anilines is 1. The quantitative estimate of drug-likeness (QED) is 0.870. The number of amides is 2. The number of hydrogen-bond acceptors (Lipinski definition) is 3. The van der Waals surface area contributed by atoms with Gasteiger partial charge in [0.15, 0.2) is 0 Å². The number of halogens is 2. The topological polar surface area (TPSA) is 69.6 Å². The third-order valence-corrected chi connectivity index (χ3v) is 3.66. The maximum Gasteiger partial charge on any atom is 0.257 e. The second kappa shape index (κ2) is 7.74. The molecule has 5 nitrogen and oxygen atoms in total. The highest BCUT2D eigenvalue weighted by Gasteiger charge is 2.17. The zero-order valence-electron chi connectivity index (χ0n) is 13.8. The van der Waals surface area contributed by atoms with Gasteiger partial charge in [-0.25, -0.2) is 8.78 Å². The highest BCUT2D eigenvalue weighted by molar-refractivity contribution is 6.05. The van der Waals surface area contributed by atoms with Crippen LogP contribution in [0.4, 0.5) is 14.5 Å². The van der Waals surface area contributed by atoms with Crippen molar-refractivity contribution < 1.29 is 23.5 Å². The molecule has 0 unspecified atom stereocenters. The molecule has 0 aliphatic rings. The summed E-state index contributed by atoms with van der Waals surface area (Å²) in [5.74, 6) is -3.09. The summed E-state index contributed by atoms with van der Waals surface area (Å²) in [7, 11) is 0. The van der Waals surface area contributed by atoms with Crippen molar-refractivity contribution in [1.29, 1.82) is 0 Å². The number of hydrogen-bond donors (Lipinski definition) is 2. The minimum Gasteiger partial charge on any atom is -0.507 e. The van der Waals surface area contributed by atoms with Crippen molar-refractivity contribution in [2.24, 2.45) is 0 Å². The second-order valence-corrected chi connectivity index (χ2v) is 5.32. The van der Waals surface area contributed by atoms with E-state index in [0.29, 0.717) is 19.2 Å². The second-order valence-electron chi connectivity index (χ2n) is 5.32. The Labute approximate surface area is 143 Å². The molecule has 0 aliphatic heterocycles. The predicted octanol–water partition coefficient (Wildman–Crippen LogP) is 3.40. The molecule has 0 atom stereocenters. The van der Waals surface area contributed by atoms with E-state index in [1.165, 1.54) is 18.2 Å². The van der Waals surface area contributed by atoms with Crippen LogP contribution >= 0.6 is 0 Å². The zero-order valence-corrected chi connectivity index (χ0v) is 13.8. The molecule has 0 aliphatic carbocycles. The van der Waals surface area contributed by atoms with Crippen molar-refractivity contribution in [3.05, 3.63) is 59.2 Å². The van der Waals surface area contributed by atoms with E-state index in [-0.39, 0.29) is 28.5 Å². The smallest absolute Gasteiger partial charge is 0.257 e. The molecule has 25 heavy (non-hydrogen) atoms. The van der Waals surface area contributed by atoms with Crippen molar-refractivity contribution >= 4 is 17.5 Å². The number of rotatable bonds is 5. The standard InChI is InChI=1S/C18H18F2N2O3/c1-3-22(4-2)18(25)15-6-5-14(10-16(15)23)21-17(24)11-7-12(19)9-13(20)8-11/h5-10,23H,3-4H2,1-2H3,(H,21,24). The minimum absolute atomic E-state index is 0.110. The van der Waals surface area contributed by atoms with Gasteiger partial charge in [0.25, 0.3) is 11.8 Å². The van der Waals surface area contributed by atoms with E-state index < -0.39 is 17.5 Å². The van der Waals surface area contributed by atoms with Gasteiger partial charge in [0.2, 0.25) is 0 Å². The van der Waals surface area contributed by atoms with Crippen LogP contribution in [0.1, 0.15) is 34.6 Å². The third-order valence-electron chi connectivity index (χ3n) is 3.66. The number of nitrogens with zero attached hydrogens (tertiary/aromatic N) is 1. The van der Waals surface area contributed by atoms with Crippen LogP contribution in [0.3, 0.4) is 0 Å². The van der Waals surface area contributed by atoms with Crippen LogP contribution in [0.25, 0.3) is 0 Å². The Morgan fingerprint density at radius 3 is 2.16 bits per heavy atom. The van der Waals surface area contributed by atoms with Crippen LogP contribution in [0.2, 0.25) is 0 Å². The van der Waals surface area contributed by atoms with Gasteiger partial charge in [-0.3, -0.25) is 9.59 Å². The molecule has 0 spiro atoms. The molecule has 2 N–H and O–H groups in total. The Morgan fingerprint density at radius 1 is 1.04 bits per heavy atom. The largest absolute Gasteiger partial charge is 0.507 e. The first-order valence-electron chi connectivity index (χ1n) is 7.75. The lowest BCUT2D eigenvalue weighted by Gasteiger charge is -2.19. The lowest BCUT2D eigenvalue weighted by atomic mass is 10.1. The first-order chi connectivity index (χ1) is 11.8. The van der Waals surface area contributed by atoms with Gasteiger partial charge < -0.3 is 15.3 Å². The summed E-state index contributed by atoms with van der Waals surface area (Å²) in [5.41, 5.74) is 0.113. The van der Waals surface area contributed by atoms with Crippen LogP contribution in [-0.2, 0) is 0 Å². The maximum absolute atomic E-state index is 13.2. The lowest BCUT2D eigenvalue weighted by Crippen LogP contribution is -2.30. The van der Waals surface area contributed by atoms with Gasteiger partial charge in [-0.1, -0.05) is 0 Å². The summed E-state index contributed by atoms with van der Waals surface area (Å²) >= 11 is 0. The van der Waals surface area contributed by atoms with Gasteiger partial charge in [0.1, 0.15) is 17.4 Å². The molecule has 2 amide bonds. The SMILES string of the molecule is CCN(CC)C(=O)c1ccc(NC(=O)c2cc(F)cc(F)c2)cc1O. The Kier molecular flexibility index (Phi) is 5.69. The molecule has 0 radical (unpaired) electrons. The Balaban J connectivity index is 2.20. The van der Waals surface area contributed by atoms with E-state index >= 15 is 0 Å². The minimum atomic E-state index is -0.867. The van der Waals surface area contributed by atoms with Crippen molar-refractivity contribution in [2.75, 3.05) is 18.4 Å². The fraction of sp³-hybridized carbons (Fsp3) is 0.222. The Hall–Kier alpha value is -2.96. The number of nitrogens with one attached hydrogen (secondary N) is 1. The first-order valence-corrected chi connectivity index (χ1v) is 7.75. The summed E-state index contributed by atoms with van der Waals surface area (Å²) in [4.78, 5) is 25.8. The third kappa shape index (κ3) is 4.32. The van der Waals surface area contributed by atoms with Gasteiger partial charge in [-0.05, 0) is 38.1 Å². The molecule has 0 bridgehead atoms. The number of carbonyl (C=O) groups is 2.